The van der Waals surface area contributed by atoms with Gasteiger partial charge in [-0.1, -0.05) is 52.0 Å². The Morgan fingerprint density at radius 2 is 2.00 bits per heavy atom. The molecule has 114 valence electrons. The normalized spacial score (nSPS) is 11.7. The summed E-state index contributed by atoms with van der Waals surface area (Å²) in [4.78, 5) is 12.4. The van der Waals surface area contributed by atoms with E-state index in [4.69, 9.17) is 5.26 Å². The number of amides is 1. The number of carbonyl (C=O) groups is 1. The van der Waals surface area contributed by atoms with E-state index in [2.05, 4.69) is 25.2 Å². The molecule has 3 heteroatoms. The van der Waals surface area contributed by atoms with Crippen LogP contribution >= 0.6 is 0 Å². The summed E-state index contributed by atoms with van der Waals surface area (Å²) in [6, 6.07) is 9.18. The van der Waals surface area contributed by atoms with Crippen LogP contribution in [-0.2, 0) is 4.79 Å². The second kappa shape index (κ2) is 9.99. The summed E-state index contributed by atoms with van der Waals surface area (Å²) in [6.07, 6.45) is 7.67. The molecular formula is C18H26N2O. The van der Waals surface area contributed by atoms with Gasteiger partial charge in [0, 0.05) is 11.6 Å². The van der Waals surface area contributed by atoms with E-state index in [1.807, 2.05) is 6.07 Å². The Kier molecular flexibility index (Phi) is 8.19. The van der Waals surface area contributed by atoms with Gasteiger partial charge < -0.3 is 5.32 Å². The van der Waals surface area contributed by atoms with Gasteiger partial charge in [-0.3, -0.25) is 4.79 Å². The molecule has 0 aliphatic heterocycles. The Morgan fingerprint density at radius 1 is 1.19 bits per heavy atom. The van der Waals surface area contributed by atoms with E-state index in [0.29, 0.717) is 11.3 Å². The lowest BCUT2D eigenvalue weighted by Gasteiger charge is -2.16. The monoisotopic (exact) mass is 286 g/mol. The van der Waals surface area contributed by atoms with Crippen molar-refractivity contribution in [1.29, 1.82) is 5.26 Å². The molecule has 0 aliphatic carbocycles. The fourth-order valence-electron chi connectivity index (χ4n) is 2.48. The Balaban J connectivity index is 2.57. The molecule has 1 amide bonds. The van der Waals surface area contributed by atoms with Crippen LogP contribution in [0.1, 0.15) is 64.4 Å². The predicted molar refractivity (Wildman–Crippen MR) is 86.9 cm³/mol. The second-order valence-corrected chi connectivity index (χ2v) is 5.52. The number of benzene rings is 1. The van der Waals surface area contributed by atoms with E-state index in [-0.39, 0.29) is 11.8 Å². The van der Waals surface area contributed by atoms with Crippen LogP contribution in [0.5, 0.6) is 0 Å². The number of nitrogens with zero attached hydrogens (tertiary/aromatic N) is 1. The first kappa shape index (κ1) is 17.2. The molecule has 0 heterocycles. The van der Waals surface area contributed by atoms with Crippen molar-refractivity contribution in [2.24, 2.45) is 5.92 Å². The van der Waals surface area contributed by atoms with Gasteiger partial charge in [-0.25, -0.2) is 0 Å². The summed E-state index contributed by atoms with van der Waals surface area (Å²) in [5.41, 5.74) is 1.29. The number of nitriles is 1. The van der Waals surface area contributed by atoms with Crippen LogP contribution in [0.4, 0.5) is 5.69 Å². The Bertz CT molecular complexity index is 476. The molecule has 0 aliphatic rings. The Morgan fingerprint density at radius 3 is 2.67 bits per heavy atom. The summed E-state index contributed by atoms with van der Waals surface area (Å²) in [5, 5.41) is 11.8. The van der Waals surface area contributed by atoms with Gasteiger partial charge in [0.25, 0.3) is 0 Å². The third-order valence-electron chi connectivity index (χ3n) is 3.67. The minimum atomic E-state index is 0.0811. The number of nitrogens with one attached hydrogen (secondary N) is 1. The van der Waals surface area contributed by atoms with Crippen molar-refractivity contribution in [1.82, 2.24) is 0 Å². The van der Waals surface area contributed by atoms with E-state index in [0.717, 1.165) is 25.7 Å². The highest BCUT2D eigenvalue weighted by Crippen LogP contribution is 2.19. The first-order valence-corrected chi connectivity index (χ1v) is 8.02. The maximum absolute atomic E-state index is 12.4. The van der Waals surface area contributed by atoms with Crippen molar-refractivity contribution in [2.45, 2.75) is 58.8 Å². The Hall–Kier alpha value is -1.82. The van der Waals surface area contributed by atoms with E-state index in [9.17, 15) is 4.79 Å². The first-order chi connectivity index (χ1) is 10.2. The fraction of sp³-hybridized carbons (Fsp3) is 0.556. The zero-order valence-corrected chi connectivity index (χ0v) is 13.2. The smallest absolute Gasteiger partial charge is 0.227 e. The van der Waals surface area contributed by atoms with Crippen LogP contribution in [0.25, 0.3) is 0 Å². The molecule has 0 bridgehead atoms. The van der Waals surface area contributed by atoms with Gasteiger partial charge in [0.05, 0.1) is 11.6 Å². The van der Waals surface area contributed by atoms with Gasteiger partial charge in [0.15, 0.2) is 0 Å². The number of anilines is 1. The number of hydrogen-bond donors (Lipinski definition) is 1. The largest absolute Gasteiger partial charge is 0.326 e. The van der Waals surface area contributed by atoms with E-state index >= 15 is 0 Å². The number of rotatable bonds is 9. The van der Waals surface area contributed by atoms with Crippen LogP contribution < -0.4 is 5.32 Å². The molecule has 1 atom stereocenters. The number of unbranched alkanes of at least 4 members (excludes halogenated alkanes) is 3. The van der Waals surface area contributed by atoms with Crippen molar-refractivity contribution < 1.29 is 4.79 Å². The van der Waals surface area contributed by atoms with Crippen LogP contribution in [0.2, 0.25) is 0 Å². The molecule has 0 aromatic heterocycles. The fourth-order valence-corrected chi connectivity index (χ4v) is 2.48. The van der Waals surface area contributed by atoms with Gasteiger partial charge >= 0.3 is 0 Å². The highest BCUT2D eigenvalue weighted by molar-refractivity contribution is 5.92. The third-order valence-corrected chi connectivity index (χ3v) is 3.67. The summed E-state index contributed by atoms with van der Waals surface area (Å²) in [7, 11) is 0. The van der Waals surface area contributed by atoms with Crippen molar-refractivity contribution in [3.05, 3.63) is 29.8 Å². The zero-order chi connectivity index (χ0) is 15.5. The summed E-state index contributed by atoms with van der Waals surface area (Å²) in [6.45, 7) is 4.31. The van der Waals surface area contributed by atoms with Crippen molar-refractivity contribution in [3.63, 3.8) is 0 Å². The minimum absolute atomic E-state index is 0.0811. The molecule has 1 aromatic rings. The van der Waals surface area contributed by atoms with Gasteiger partial charge in [-0.2, -0.15) is 5.26 Å². The summed E-state index contributed by atoms with van der Waals surface area (Å²) >= 11 is 0. The van der Waals surface area contributed by atoms with Gasteiger partial charge in [0.1, 0.15) is 0 Å². The van der Waals surface area contributed by atoms with Crippen LogP contribution in [0.3, 0.4) is 0 Å². The number of hydrogen-bond acceptors (Lipinski definition) is 2. The molecule has 0 fully saturated rings. The highest BCUT2D eigenvalue weighted by atomic mass is 16.1. The molecule has 0 saturated heterocycles. The average molecular weight is 286 g/mol. The summed E-state index contributed by atoms with van der Waals surface area (Å²) < 4.78 is 0. The van der Waals surface area contributed by atoms with E-state index < -0.39 is 0 Å². The SMILES string of the molecule is CCCCCCC(CCC)C(=O)Nc1cccc(C#N)c1. The number of carbonyl (C=O) groups excluding carboxylic acids is 1. The molecule has 0 saturated carbocycles. The standard InChI is InChI=1S/C18H26N2O/c1-3-5-6-7-11-16(9-4-2)18(21)20-17-12-8-10-15(13-17)14-19/h8,10,12-13,16H,3-7,9,11H2,1-2H3,(H,20,21). The van der Waals surface area contributed by atoms with Crippen molar-refractivity contribution in [3.8, 4) is 6.07 Å². The van der Waals surface area contributed by atoms with Gasteiger partial charge in [-0.05, 0) is 31.0 Å². The van der Waals surface area contributed by atoms with Crippen LogP contribution in [0.15, 0.2) is 24.3 Å². The minimum Gasteiger partial charge on any atom is -0.326 e. The van der Waals surface area contributed by atoms with Gasteiger partial charge in [0.2, 0.25) is 5.91 Å². The quantitative estimate of drug-likeness (QED) is 0.657. The maximum atomic E-state index is 12.4. The molecule has 21 heavy (non-hydrogen) atoms. The molecule has 0 spiro atoms. The highest BCUT2D eigenvalue weighted by Gasteiger charge is 2.17. The second-order valence-electron chi connectivity index (χ2n) is 5.52. The van der Waals surface area contributed by atoms with E-state index in [1.165, 1.54) is 19.3 Å². The zero-order valence-electron chi connectivity index (χ0n) is 13.2. The Labute approximate surface area is 128 Å². The maximum Gasteiger partial charge on any atom is 0.227 e. The van der Waals surface area contributed by atoms with Crippen molar-refractivity contribution >= 4 is 11.6 Å². The lowest BCUT2D eigenvalue weighted by molar-refractivity contribution is -0.120. The third kappa shape index (κ3) is 6.44. The topological polar surface area (TPSA) is 52.9 Å². The molecule has 0 radical (unpaired) electrons. The van der Waals surface area contributed by atoms with Crippen LogP contribution in [-0.4, -0.2) is 5.91 Å². The molecule has 1 rings (SSSR count). The van der Waals surface area contributed by atoms with Crippen LogP contribution in [0, 0.1) is 17.2 Å². The van der Waals surface area contributed by atoms with Gasteiger partial charge in [-0.15, -0.1) is 0 Å². The first-order valence-electron chi connectivity index (χ1n) is 8.02. The molecular weight excluding hydrogens is 260 g/mol. The van der Waals surface area contributed by atoms with E-state index in [1.54, 1.807) is 18.2 Å². The molecule has 1 aromatic carbocycles. The predicted octanol–water partition coefficient (Wildman–Crippen LogP) is 4.88. The lowest BCUT2D eigenvalue weighted by Crippen LogP contribution is -2.22. The summed E-state index contributed by atoms with van der Waals surface area (Å²) in [5.74, 6) is 0.168. The molecule has 1 unspecified atom stereocenters. The molecule has 1 N–H and O–H groups in total. The van der Waals surface area contributed by atoms with Crippen molar-refractivity contribution in [2.75, 3.05) is 5.32 Å². The molecule has 3 nitrogen and oxygen atoms in total. The lowest BCUT2D eigenvalue weighted by atomic mass is 9.95. The average Bonchev–Trinajstić information content (AvgIpc) is 2.50.